The maximum atomic E-state index is 11.6. The number of carbonyl (C=O) groups is 1. The van der Waals surface area contributed by atoms with Crippen molar-refractivity contribution in [3.8, 4) is 0 Å². The number of rotatable bonds is 3. The zero-order valence-corrected chi connectivity index (χ0v) is 11.5. The Labute approximate surface area is 113 Å². The summed E-state index contributed by atoms with van der Waals surface area (Å²) < 4.78 is 5.00. The Balaban J connectivity index is 1.94. The standard InChI is InChI=1S/C13H20N4O2/c1-3-11-9-12(15-10-14-11)16-5-7-17(8-6-16)13(18)19-4-2/h9-10H,3-8H2,1-2H3. The molecule has 0 bridgehead atoms. The van der Waals surface area contributed by atoms with Crippen LogP contribution in [-0.4, -0.2) is 53.7 Å². The van der Waals surface area contributed by atoms with E-state index in [-0.39, 0.29) is 6.09 Å². The van der Waals surface area contributed by atoms with Gasteiger partial charge in [-0.25, -0.2) is 14.8 Å². The molecule has 1 aromatic heterocycles. The molecular formula is C13H20N4O2. The molecule has 6 nitrogen and oxygen atoms in total. The van der Waals surface area contributed by atoms with Crippen molar-refractivity contribution in [3.63, 3.8) is 0 Å². The summed E-state index contributed by atoms with van der Waals surface area (Å²) in [6, 6.07) is 2.01. The van der Waals surface area contributed by atoms with E-state index in [9.17, 15) is 4.79 Å². The Morgan fingerprint density at radius 3 is 2.63 bits per heavy atom. The molecule has 19 heavy (non-hydrogen) atoms. The van der Waals surface area contributed by atoms with Gasteiger partial charge in [0.2, 0.25) is 0 Å². The average molecular weight is 264 g/mol. The van der Waals surface area contributed by atoms with Crippen LogP contribution in [0.3, 0.4) is 0 Å². The van der Waals surface area contributed by atoms with Crippen molar-refractivity contribution in [2.24, 2.45) is 0 Å². The number of aryl methyl sites for hydroxylation is 1. The van der Waals surface area contributed by atoms with Crippen molar-refractivity contribution in [2.75, 3.05) is 37.7 Å². The van der Waals surface area contributed by atoms with Gasteiger partial charge in [0, 0.05) is 37.9 Å². The Kier molecular flexibility index (Phi) is 4.54. The van der Waals surface area contributed by atoms with E-state index in [0.29, 0.717) is 19.7 Å². The normalized spacial score (nSPS) is 15.5. The van der Waals surface area contributed by atoms with Crippen LogP contribution in [0.1, 0.15) is 19.5 Å². The van der Waals surface area contributed by atoms with Gasteiger partial charge in [-0.2, -0.15) is 0 Å². The monoisotopic (exact) mass is 264 g/mol. The van der Waals surface area contributed by atoms with E-state index in [2.05, 4.69) is 21.8 Å². The van der Waals surface area contributed by atoms with Crippen LogP contribution >= 0.6 is 0 Å². The number of nitrogens with zero attached hydrogens (tertiary/aromatic N) is 4. The first kappa shape index (κ1) is 13.6. The molecule has 6 heteroatoms. The fourth-order valence-electron chi connectivity index (χ4n) is 2.08. The summed E-state index contributed by atoms with van der Waals surface area (Å²) in [6.45, 7) is 7.21. The van der Waals surface area contributed by atoms with Crippen LogP contribution in [0.2, 0.25) is 0 Å². The molecule has 0 unspecified atom stereocenters. The molecule has 104 valence electrons. The van der Waals surface area contributed by atoms with Gasteiger partial charge in [-0.05, 0) is 13.3 Å². The summed E-state index contributed by atoms with van der Waals surface area (Å²) >= 11 is 0. The quantitative estimate of drug-likeness (QED) is 0.824. The van der Waals surface area contributed by atoms with Crippen LogP contribution in [0.15, 0.2) is 12.4 Å². The number of hydrogen-bond donors (Lipinski definition) is 0. The highest BCUT2D eigenvalue weighted by Crippen LogP contribution is 2.14. The van der Waals surface area contributed by atoms with Crippen LogP contribution in [0, 0.1) is 0 Å². The van der Waals surface area contributed by atoms with Crippen molar-refractivity contribution in [3.05, 3.63) is 18.1 Å². The van der Waals surface area contributed by atoms with Gasteiger partial charge in [-0.1, -0.05) is 6.92 Å². The van der Waals surface area contributed by atoms with Gasteiger partial charge in [-0.15, -0.1) is 0 Å². The summed E-state index contributed by atoms with van der Waals surface area (Å²) in [5.74, 6) is 0.940. The Morgan fingerprint density at radius 1 is 1.26 bits per heavy atom. The van der Waals surface area contributed by atoms with Gasteiger partial charge in [-0.3, -0.25) is 0 Å². The van der Waals surface area contributed by atoms with E-state index in [4.69, 9.17) is 4.74 Å². The Hall–Kier alpha value is -1.85. The molecule has 0 aliphatic carbocycles. The SMILES string of the molecule is CCOC(=O)N1CCN(c2cc(CC)ncn2)CC1. The molecule has 0 radical (unpaired) electrons. The predicted octanol–water partition coefficient (Wildman–Crippen LogP) is 1.32. The van der Waals surface area contributed by atoms with E-state index < -0.39 is 0 Å². The first-order valence-electron chi connectivity index (χ1n) is 6.72. The summed E-state index contributed by atoms with van der Waals surface area (Å²) in [5.41, 5.74) is 1.04. The highest BCUT2D eigenvalue weighted by molar-refractivity contribution is 5.68. The number of piperazine rings is 1. The highest BCUT2D eigenvalue weighted by Gasteiger charge is 2.22. The minimum absolute atomic E-state index is 0.223. The first-order valence-corrected chi connectivity index (χ1v) is 6.72. The lowest BCUT2D eigenvalue weighted by atomic mass is 10.3. The van der Waals surface area contributed by atoms with E-state index in [0.717, 1.165) is 31.0 Å². The number of amides is 1. The van der Waals surface area contributed by atoms with Crippen molar-refractivity contribution in [1.82, 2.24) is 14.9 Å². The first-order chi connectivity index (χ1) is 9.24. The summed E-state index contributed by atoms with van der Waals surface area (Å²) in [7, 11) is 0. The minimum atomic E-state index is -0.223. The van der Waals surface area contributed by atoms with Crippen LogP contribution in [-0.2, 0) is 11.2 Å². The average Bonchev–Trinajstić information content (AvgIpc) is 2.48. The molecule has 1 aliphatic heterocycles. The molecule has 2 heterocycles. The molecule has 0 aromatic carbocycles. The lowest BCUT2D eigenvalue weighted by Crippen LogP contribution is -2.49. The van der Waals surface area contributed by atoms with Crippen LogP contribution in [0.25, 0.3) is 0 Å². The third kappa shape index (κ3) is 3.33. The number of anilines is 1. The lowest BCUT2D eigenvalue weighted by molar-refractivity contribution is 0.105. The number of aromatic nitrogens is 2. The van der Waals surface area contributed by atoms with E-state index in [1.807, 2.05) is 13.0 Å². The Bertz CT molecular complexity index is 430. The van der Waals surface area contributed by atoms with Crippen LogP contribution in [0.4, 0.5) is 10.6 Å². The smallest absolute Gasteiger partial charge is 0.409 e. The van der Waals surface area contributed by atoms with Gasteiger partial charge in [0.05, 0.1) is 6.61 Å². The molecular weight excluding hydrogens is 244 g/mol. The summed E-state index contributed by atoms with van der Waals surface area (Å²) in [5, 5.41) is 0. The number of hydrogen-bond acceptors (Lipinski definition) is 5. The van der Waals surface area contributed by atoms with Gasteiger partial charge in [0.25, 0.3) is 0 Å². The molecule has 0 atom stereocenters. The van der Waals surface area contributed by atoms with Gasteiger partial charge in [0.1, 0.15) is 12.1 Å². The van der Waals surface area contributed by atoms with Gasteiger partial charge in [0.15, 0.2) is 0 Å². The molecule has 0 spiro atoms. The maximum Gasteiger partial charge on any atom is 0.409 e. The zero-order valence-electron chi connectivity index (χ0n) is 11.5. The Morgan fingerprint density at radius 2 is 2.00 bits per heavy atom. The fourth-order valence-corrected chi connectivity index (χ4v) is 2.08. The second kappa shape index (κ2) is 6.36. The predicted molar refractivity (Wildman–Crippen MR) is 72.2 cm³/mol. The highest BCUT2D eigenvalue weighted by atomic mass is 16.6. The molecule has 1 fully saturated rings. The third-order valence-electron chi connectivity index (χ3n) is 3.20. The molecule has 0 saturated carbocycles. The van der Waals surface area contributed by atoms with Crippen molar-refractivity contribution >= 4 is 11.9 Å². The number of ether oxygens (including phenoxy) is 1. The summed E-state index contributed by atoms with van der Waals surface area (Å²) in [6.07, 6.45) is 2.28. The minimum Gasteiger partial charge on any atom is -0.450 e. The lowest BCUT2D eigenvalue weighted by Gasteiger charge is -2.34. The largest absolute Gasteiger partial charge is 0.450 e. The molecule has 1 saturated heterocycles. The van der Waals surface area contributed by atoms with E-state index in [1.165, 1.54) is 0 Å². The van der Waals surface area contributed by atoms with Crippen molar-refractivity contribution in [1.29, 1.82) is 0 Å². The second-order valence-corrected chi connectivity index (χ2v) is 4.39. The molecule has 1 aliphatic rings. The molecule has 1 amide bonds. The third-order valence-corrected chi connectivity index (χ3v) is 3.20. The van der Waals surface area contributed by atoms with Crippen LogP contribution in [0.5, 0.6) is 0 Å². The van der Waals surface area contributed by atoms with Crippen molar-refractivity contribution < 1.29 is 9.53 Å². The van der Waals surface area contributed by atoms with E-state index >= 15 is 0 Å². The topological polar surface area (TPSA) is 58.6 Å². The number of carbonyl (C=O) groups excluding carboxylic acids is 1. The second-order valence-electron chi connectivity index (χ2n) is 4.39. The van der Waals surface area contributed by atoms with E-state index in [1.54, 1.807) is 11.2 Å². The fraction of sp³-hybridized carbons (Fsp3) is 0.615. The molecule has 1 aromatic rings. The summed E-state index contributed by atoms with van der Waals surface area (Å²) in [4.78, 5) is 24.0. The molecule has 2 rings (SSSR count). The maximum absolute atomic E-state index is 11.6. The van der Waals surface area contributed by atoms with Gasteiger partial charge < -0.3 is 14.5 Å². The van der Waals surface area contributed by atoms with Gasteiger partial charge >= 0.3 is 6.09 Å². The molecule has 0 N–H and O–H groups in total. The zero-order chi connectivity index (χ0) is 13.7. The van der Waals surface area contributed by atoms with Crippen LogP contribution < -0.4 is 4.90 Å². The van der Waals surface area contributed by atoms with Crippen molar-refractivity contribution in [2.45, 2.75) is 20.3 Å².